The van der Waals surface area contributed by atoms with Crippen molar-refractivity contribution in [1.29, 1.82) is 0 Å². The lowest BCUT2D eigenvalue weighted by Gasteiger charge is -2.38. The van der Waals surface area contributed by atoms with Gasteiger partial charge in [-0.3, -0.25) is 4.79 Å². The zero-order chi connectivity index (χ0) is 13.9. The molecule has 0 saturated heterocycles. The highest BCUT2D eigenvalue weighted by molar-refractivity contribution is 5.92. The number of aromatic nitrogens is 2. The van der Waals surface area contributed by atoms with Gasteiger partial charge in [0.15, 0.2) is 0 Å². The Kier molecular flexibility index (Phi) is 4.24. The number of nitrogens with one attached hydrogen (secondary N) is 1. The molecule has 0 spiro atoms. The molecule has 1 fully saturated rings. The van der Waals surface area contributed by atoms with Gasteiger partial charge in [-0.25, -0.2) is 4.98 Å². The van der Waals surface area contributed by atoms with Crippen molar-refractivity contribution in [2.75, 3.05) is 6.54 Å². The Hall–Kier alpha value is -1.36. The van der Waals surface area contributed by atoms with E-state index in [2.05, 4.69) is 24.1 Å². The summed E-state index contributed by atoms with van der Waals surface area (Å²) >= 11 is 0. The van der Waals surface area contributed by atoms with E-state index in [1.807, 2.05) is 4.57 Å². The Balaban J connectivity index is 1.99. The van der Waals surface area contributed by atoms with E-state index in [1.165, 1.54) is 19.3 Å². The lowest BCUT2D eigenvalue weighted by molar-refractivity contribution is 0.0849. The monoisotopic (exact) mass is 264 g/mol. The van der Waals surface area contributed by atoms with Crippen LogP contribution in [0.25, 0.3) is 0 Å². The number of nitrogens with zero attached hydrogens (tertiary/aromatic N) is 2. The largest absolute Gasteiger partial charge is 0.347 e. The number of hydrogen-bond donors (Lipinski definition) is 2. The fourth-order valence-electron chi connectivity index (χ4n) is 2.74. The van der Waals surface area contributed by atoms with Crippen molar-refractivity contribution in [1.82, 2.24) is 14.9 Å². The van der Waals surface area contributed by atoms with Crippen molar-refractivity contribution in [2.45, 2.75) is 52.1 Å². The van der Waals surface area contributed by atoms with Gasteiger partial charge in [-0.1, -0.05) is 26.7 Å². The zero-order valence-electron chi connectivity index (χ0n) is 11.9. The molecule has 0 bridgehead atoms. The van der Waals surface area contributed by atoms with E-state index >= 15 is 0 Å². The highest BCUT2D eigenvalue weighted by Crippen LogP contribution is 2.35. The number of carbonyl (C=O) groups is 1. The topological polar surface area (TPSA) is 72.9 Å². The number of rotatable bonds is 4. The average Bonchev–Trinajstić information content (AvgIpc) is 2.81. The molecule has 19 heavy (non-hydrogen) atoms. The van der Waals surface area contributed by atoms with Gasteiger partial charge in [-0.2, -0.15) is 0 Å². The predicted octanol–water partition coefficient (Wildman–Crippen LogP) is 1.54. The first-order valence-electron chi connectivity index (χ1n) is 7.05. The summed E-state index contributed by atoms with van der Waals surface area (Å²) in [4.78, 5) is 16.3. The molecule has 3 N–H and O–H groups in total. The van der Waals surface area contributed by atoms with Crippen molar-refractivity contribution >= 4 is 5.91 Å². The van der Waals surface area contributed by atoms with Gasteiger partial charge >= 0.3 is 0 Å². The van der Waals surface area contributed by atoms with Crippen molar-refractivity contribution < 1.29 is 4.79 Å². The third-order valence-electron chi connectivity index (χ3n) is 4.07. The van der Waals surface area contributed by atoms with Gasteiger partial charge in [0.25, 0.3) is 5.91 Å². The number of carbonyl (C=O) groups excluding carboxylic acids is 1. The molecule has 2 rings (SSSR count). The minimum atomic E-state index is -0.0734. The predicted molar refractivity (Wildman–Crippen MR) is 74.8 cm³/mol. The summed E-state index contributed by atoms with van der Waals surface area (Å²) in [6, 6.07) is 0.244. The number of nitrogens with two attached hydrogens (primary N) is 1. The van der Waals surface area contributed by atoms with E-state index in [0.717, 1.165) is 6.42 Å². The first kappa shape index (κ1) is 14.1. The van der Waals surface area contributed by atoms with Gasteiger partial charge < -0.3 is 15.6 Å². The number of hydrogen-bond acceptors (Lipinski definition) is 3. The summed E-state index contributed by atoms with van der Waals surface area (Å²) < 4.78 is 1.85. The second-order valence-corrected chi connectivity index (χ2v) is 6.05. The van der Waals surface area contributed by atoms with Crippen LogP contribution in [0.5, 0.6) is 0 Å². The molecule has 106 valence electrons. The van der Waals surface area contributed by atoms with Gasteiger partial charge in [0.2, 0.25) is 0 Å². The van der Waals surface area contributed by atoms with E-state index in [4.69, 9.17) is 5.73 Å². The Morgan fingerprint density at radius 1 is 1.58 bits per heavy atom. The second-order valence-electron chi connectivity index (χ2n) is 6.05. The number of amides is 1. The van der Waals surface area contributed by atoms with Crippen molar-refractivity contribution in [3.63, 3.8) is 0 Å². The molecule has 0 radical (unpaired) electrons. The lowest BCUT2D eigenvalue weighted by atomic mass is 9.73. The van der Waals surface area contributed by atoms with Gasteiger partial charge in [-0.05, 0) is 18.3 Å². The summed E-state index contributed by atoms with van der Waals surface area (Å²) in [5.41, 5.74) is 6.14. The molecule has 5 nitrogen and oxygen atoms in total. The summed E-state index contributed by atoms with van der Waals surface area (Å²) in [5, 5.41) is 3.13. The van der Waals surface area contributed by atoms with Crippen LogP contribution >= 0.6 is 0 Å². The van der Waals surface area contributed by atoms with Crippen LogP contribution in [0.3, 0.4) is 0 Å². The van der Waals surface area contributed by atoms with E-state index in [1.54, 1.807) is 12.5 Å². The van der Waals surface area contributed by atoms with Crippen LogP contribution in [0.4, 0.5) is 0 Å². The smallest absolute Gasteiger partial charge is 0.271 e. The standard InChI is InChI=1S/C14H24N4O/c1-14(2)6-4-3-5-12(14)17-13(19)11-9-18(8-7-15)10-16-11/h9-10,12H,3-8,15H2,1-2H3,(H,17,19). The first-order valence-corrected chi connectivity index (χ1v) is 7.05. The molecule has 0 aliphatic heterocycles. The molecule has 1 amide bonds. The Morgan fingerprint density at radius 2 is 2.37 bits per heavy atom. The van der Waals surface area contributed by atoms with E-state index < -0.39 is 0 Å². The first-order chi connectivity index (χ1) is 9.03. The highest BCUT2D eigenvalue weighted by Gasteiger charge is 2.33. The zero-order valence-corrected chi connectivity index (χ0v) is 11.9. The molecule has 1 aliphatic rings. The summed E-state index contributed by atoms with van der Waals surface area (Å²) in [5.74, 6) is -0.0734. The maximum atomic E-state index is 12.2. The fraction of sp³-hybridized carbons (Fsp3) is 0.714. The van der Waals surface area contributed by atoms with Gasteiger partial charge in [0.1, 0.15) is 5.69 Å². The van der Waals surface area contributed by atoms with E-state index in [0.29, 0.717) is 18.8 Å². The van der Waals surface area contributed by atoms with Gasteiger partial charge in [0.05, 0.1) is 6.33 Å². The van der Waals surface area contributed by atoms with Gasteiger partial charge in [0, 0.05) is 25.3 Å². The molecule has 1 aliphatic carbocycles. The minimum absolute atomic E-state index is 0.0734. The van der Waals surface area contributed by atoms with E-state index in [-0.39, 0.29) is 17.4 Å². The SMILES string of the molecule is CC1(C)CCCCC1NC(=O)c1cn(CCN)cn1. The Morgan fingerprint density at radius 3 is 3.05 bits per heavy atom. The lowest BCUT2D eigenvalue weighted by Crippen LogP contribution is -2.46. The van der Waals surface area contributed by atoms with Crippen molar-refractivity contribution in [3.05, 3.63) is 18.2 Å². The molecule has 1 atom stereocenters. The molecule has 1 heterocycles. The fourth-order valence-corrected chi connectivity index (χ4v) is 2.74. The van der Waals surface area contributed by atoms with Crippen LogP contribution in [-0.2, 0) is 6.54 Å². The molecule has 5 heteroatoms. The van der Waals surface area contributed by atoms with Crippen LogP contribution in [0.1, 0.15) is 50.0 Å². The molecule has 1 unspecified atom stereocenters. The molecule has 0 aromatic carbocycles. The molecular weight excluding hydrogens is 240 g/mol. The summed E-state index contributed by atoms with van der Waals surface area (Å²) in [6.07, 6.45) is 8.09. The number of imidazole rings is 1. The van der Waals surface area contributed by atoms with Crippen molar-refractivity contribution in [3.8, 4) is 0 Å². The van der Waals surface area contributed by atoms with Crippen LogP contribution in [0.15, 0.2) is 12.5 Å². The van der Waals surface area contributed by atoms with Gasteiger partial charge in [-0.15, -0.1) is 0 Å². The molecule has 1 aromatic heterocycles. The summed E-state index contributed by atoms with van der Waals surface area (Å²) in [6.45, 7) is 5.69. The van der Waals surface area contributed by atoms with E-state index in [9.17, 15) is 4.79 Å². The maximum Gasteiger partial charge on any atom is 0.271 e. The third-order valence-corrected chi connectivity index (χ3v) is 4.07. The second kappa shape index (κ2) is 5.74. The highest BCUT2D eigenvalue weighted by atomic mass is 16.2. The average molecular weight is 264 g/mol. The molecule has 1 aromatic rings. The third kappa shape index (κ3) is 3.35. The van der Waals surface area contributed by atoms with Crippen LogP contribution in [0.2, 0.25) is 0 Å². The normalized spacial score (nSPS) is 22.2. The maximum absolute atomic E-state index is 12.2. The van der Waals surface area contributed by atoms with Crippen LogP contribution < -0.4 is 11.1 Å². The quantitative estimate of drug-likeness (QED) is 0.866. The Labute approximate surface area is 114 Å². The molecule has 1 saturated carbocycles. The van der Waals surface area contributed by atoms with Crippen molar-refractivity contribution in [2.24, 2.45) is 11.1 Å². The van der Waals surface area contributed by atoms with Crippen LogP contribution in [-0.4, -0.2) is 28.0 Å². The summed E-state index contributed by atoms with van der Waals surface area (Å²) in [7, 11) is 0. The minimum Gasteiger partial charge on any atom is -0.347 e. The van der Waals surface area contributed by atoms with Crippen LogP contribution in [0, 0.1) is 5.41 Å². The Bertz CT molecular complexity index is 438. The molecular formula is C14H24N4O.